The number of hydrogen-bond acceptors (Lipinski definition) is 7. The van der Waals surface area contributed by atoms with E-state index in [1.807, 2.05) is 0 Å². The van der Waals surface area contributed by atoms with Crippen molar-refractivity contribution >= 4 is 39.2 Å². The van der Waals surface area contributed by atoms with E-state index in [0.717, 1.165) is 12.1 Å². The summed E-state index contributed by atoms with van der Waals surface area (Å²) in [6, 6.07) is 3.41. The number of esters is 1. The van der Waals surface area contributed by atoms with E-state index in [1.54, 1.807) is 0 Å². The number of anilines is 1. The number of carbonyl (C=O) groups is 2. The summed E-state index contributed by atoms with van der Waals surface area (Å²) in [4.78, 5) is 23.9. The molecule has 1 amide bonds. The lowest BCUT2D eigenvalue weighted by Crippen LogP contribution is -2.32. The third-order valence-electron chi connectivity index (χ3n) is 3.72. The van der Waals surface area contributed by atoms with Gasteiger partial charge >= 0.3 is 5.97 Å². The van der Waals surface area contributed by atoms with Crippen molar-refractivity contribution in [1.82, 2.24) is 9.88 Å². The van der Waals surface area contributed by atoms with Crippen LogP contribution in [0.2, 0.25) is 5.02 Å². The lowest BCUT2D eigenvalue weighted by molar-refractivity contribution is -0.152. The largest absolute Gasteiger partial charge is 0.452 e. The van der Waals surface area contributed by atoms with Crippen LogP contribution in [-0.4, -0.2) is 38.1 Å². The predicted molar refractivity (Wildman–Crippen MR) is 101 cm³/mol. The van der Waals surface area contributed by atoms with Crippen molar-refractivity contribution in [2.75, 3.05) is 11.9 Å². The summed E-state index contributed by atoms with van der Waals surface area (Å²) in [5.74, 6) is -1.91. The van der Waals surface area contributed by atoms with Gasteiger partial charge in [0, 0.05) is 6.54 Å². The average molecular weight is 448 g/mol. The first-order valence-electron chi connectivity index (χ1n) is 8.39. The summed E-state index contributed by atoms with van der Waals surface area (Å²) in [5, 5.41) is 5.97. The first kappa shape index (κ1) is 22.8. The number of nitrogens with zero attached hydrogens (tertiary/aromatic N) is 1. The van der Waals surface area contributed by atoms with E-state index in [-0.39, 0.29) is 40.0 Å². The van der Waals surface area contributed by atoms with E-state index in [9.17, 15) is 22.4 Å². The highest BCUT2D eigenvalue weighted by atomic mass is 35.5. The molecule has 12 heteroatoms. The maximum atomic E-state index is 13.0. The van der Waals surface area contributed by atoms with Crippen LogP contribution < -0.4 is 10.0 Å². The molecule has 9 nitrogen and oxygen atoms in total. The van der Waals surface area contributed by atoms with Crippen molar-refractivity contribution < 1.29 is 31.7 Å². The summed E-state index contributed by atoms with van der Waals surface area (Å²) < 4.78 is 49.5. The van der Waals surface area contributed by atoms with Crippen molar-refractivity contribution in [3.63, 3.8) is 0 Å². The number of halogens is 2. The molecule has 2 aromatic rings. The molecule has 1 heterocycles. The van der Waals surface area contributed by atoms with Gasteiger partial charge in [0.25, 0.3) is 5.91 Å². The molecule has 0 aliphatic carbocycles. The Bertz CT molecular complexity index is 1000. The zero-order valence-electron chi connectivity index (χ0n) is 15.8. The van der Waals surface area contributed by atoms with Gasteiger partial charge in [-0.05, 0) is 39.0 Å². The number of aromatic nitrogens is 1. The molecule has 1 aromatic heterocycles. The maximum Gasteiger partial charge on any atom is 0.307 e. The molecule has 1 atom stereocenters. The zero-order valence-corrected chi connectivity index (χ0v) is 17.4. The van der Waals surface area contributed by atoms with Crippen LogP contribution in [0.1, 0.15) is 24.8 Å². The van der Waals surface area contributed by atoms with Crippen LogP contribution in [0.3, 0.4) is 0 Å². The van der Waals surface area contributed by atoms with E-state index in [1.165, 1.54) is 26.8 Å². The van der Waals surface area contributed by atoms with Gasteiger partial charge in [-0.15, -0.1) is 0 Å². The Morgan fingerprint density at radius 3 is 2.62 bits per heavy atom. The second-order valence-corrected chi connectivity index (χ2v) is 8.16. The molecule has 0 aliphatic rings. The van der Waals surface area contributed by atoms with E-state index in [2.05, 4.69) is 15.2 Å². The molecule has 0 saturated carbocycles. The molecule has 2 N–H and O–H groups in total. The molecule has 1 aromatic carbocycles. The minimum Gasteiger partial charge on any atom is -0.452 e. The maximum absolute atomic E-state index is 13.0. The molecule has 0 spiro atoms. The minimum atomic E-state index is -3.91. The summed E-state index contributed by atoms with van der Waals surface area (Å²) in [6.45, 7) is 4.02. The van der Waals surface area contributed by atoms with Crippen LogP contribution in [0.15, 0.2) is 27.6 Å². The Labute approximate surface area is 171 Å². The van der Waals surface area contributed by atoms with E-state index < -0.39 is 33.8 Å². The van der Waals surface area contributed by atoms with Crippen LogP contribution in [0.4, 0.5) is 10.1 Å². The quantitative estimate of drug-likeness (QED) is 0.594. The molecule has 0 fully saturated rings. The number of nitrogens with one attached hydrogen (secondary N) is 2. The first-order valence-corrected chi connectivity index (χ1v) is 10.3. The SMILES string of the molecule is Cc1noc(C)c1S(=O)(=O)NCCC(=O)O[C@@H](C)C(=O)Nc1ccc(F)cc1Cl. The van der Waals surface area contributed by atoms with E-state index in [0.29, 0.717) is 0 Å². The number of hydrogen-bond donors (Lipinski definition) is 2. The third kappa shape index (κ3) is 5.99. The van der Waals surface area contributed by atoms with Gasteiger partial charge in [-0.25, -0.2) is 17.5 Å². The molecule has 0 saturated heterocycles. The second-order valence-electron chi connectivity index (χ2n) is 6.05. The molecule has 158 valence electrons. The fraction of sp³-hybridized carbons (Fsp3) is 0.353. The highest BCUT2D eigenvalue weighted by molar-refractivity contribution is 7.89. The summed E-state index contributed by atoms with van der Waals surface area (Å²) in [6.07, 6.45) is -1.49. The Balaban J connectivity index is 1.84. The van der Waals surface area contributed by atoms with Gasteiger partial charge in [0.15, 0.2) is 11.9 Å². The van der Waals surface area contributed by atoms with Gasteiger partial charge in [-0.2, -0.15) is 0 Å². The van der Waals surface area contributed by atoms with Crippen LogP contribution in [0.5, 0.6) is 0 Å². The summed E-state index contributed by atoms with van der Waals surface area (Å²) in [5.41, 5.74) is 0.357. The molecular weight excluding hydrogens is 429 g/mol. The monoisotopic (exact) mass is 447 g/mol. The van der Waals surface area contributed by atoms with Crippen molar-refractivity contribution in [2.24, 2.45) is 0 Å². The number of benzene rings is 1. The zero-order chi connectivity index (χ0) is 21.8. The first-order chi connectivity index (χ1) is 13.5. The Morgan fingerprint density at radius 2 is 2.03 bits per heavy atom. The van der Waals surface area contributed by atoms with Crippen molar-refractivity contribution in [3.05, 3.63) is 40.5 Å². The smallest absolute Gasteiger partial charge is 0.307 e. The predicted octanol–water partition coefficient (Wildman–Crippen LogP) is 2.32. The van der Waals surface area contributed by atoms with E-state index >= 15 is 0 Å². The number of ether oxygens (including phenoxy) is 1. The van der Waals surface area contributed by atoms with Gasteiger partial charge in [-0.3, -0.25) is 9.59 Å². The summed E-state index contributed by atoms with van der Waals surface area (Å²) >= 11 is 5.82. The van der Waals surface area contributed by atoms with E-state index in [4.69, 9.17) is 20.9 Å². The Hall–Kier alpha value is -2.50. The average Bonchev–Trinajstić information content (AvgIpc) is 2.96. The minimum absolute atomic E-state index is 0.00870. The number of amides is 1. The van der Waals surface area contributed by atoms with Gasteiger partial charge in [-0.1, -0.05) is 16.8 Å². The molecule has 2 rings (SSSR count). The van der Waals surface area contributed by atoms with Crippen molar-refractivity contribution in [1.29, 1.82) is 0 Å². The Morgan fingerprint density at radius 1 is 1.34 bits per heavy atom. The normalized spacial score (nSPS) is 12.4. The van der Waals surface area contributed by atoms with Crippen molar-refractivity contribution in [3.8, 4) is 0 Å². The lowest BCUT2D eigenvalue weighted by atomic mass is 10.3. The summed E-state index contributed by atoms with van der Waals surface area (Å²) in [7, 11) is -3.91. The molecular formula is C17H19ClFN3O6S. The standard InChI is InChI=1S/C17H19ClFN3O6S/c1-9-16(10(2)28-22-9)29(25,26)20-7-6-15(23)27-11(3)17(24)21-14-5-4-12(19)8-13(14)18/h4-5,8,11,20H,6-7H2,1-3H3,(H,21,24)/t11-/m0/s1. The highest BCUT2D eigenvalue weighted by Gasteiger charge is 2.24. The lowest BCUT2D eigenvalue weighted by Gasteiger charge is -2.14. The number of aryl methyl sites for hydroxylation is 2. The topological polar surface area (TPSA) is 128 Å². The van der Waals surface area contributed by atoms with Gasteiger partial charge in [0.2, 0.25) is 10.0 Å². The number of rotatable bonds is 8. The third-order valence-corrected chi connectivity index (χ3v) is 5.74. The fourth-order valence-corrected chi connectivity index (χ4v) is 3.92. The van der Waals surface area contributed by atoms with Gasteiger partial charge < -0.3 is 14.6 Å². The highest BCUT2D eigenvalue weighted by Crippen LogP contribution is 2.22. The number of sulfonamides is 1. The molecule has 0 bridgehead atoms. The van der Waals surface area contributed by atoms with Crippen LogP contribution in [0.25, 0.3) is 0 Å². The fourth-order valence-electron chi connectivity index (χ4n) is 2.35. The van der Waals surface area contributed by atoms with Crippen molar-refractivity contribution in [2.45, 2.75) is 38.2 Å². The molecule has 0 unspecified atom stereocenters. The molecule has 29 heavy (non-hydrogen) atoms. The molecule has 0 aliphatic heterocycles. The van der Waals surface area contributed by atoms with Gasteiger partial charge in [0.1, 0.15) is 16.4 Å². The van der Waals surface area contributed by atoms with Crippen LogP contribution >= 0.6 is 11.6 Å². The second kappa shape index (κ2) is 9.33. The molecule has 0 radical (unpaired) electrons. The number of carbonyl (C=O) groups excluding carboxylic acids is 2. The Kier molecular flexibility index (Phi) is 7.33. The van der Waals surface area contributed by atoms with Crippen LogP contribution in [0, 0.1) is 19.7 Å². The van der Waals surface area contributed by atoms with Crippen LogP contribution in [-0.2, 0) is 24.3 Å². The van der Waals surface area contributed by atoms with Gasteiger partial charge in [0.05, 0.1) is 17.1 Å².